The molecule has 2 nitrogen and oxygen atoms in total. The van der Waals surface area contributed by atoms with Gasteiger partial charge in [-0.15, -0.1) is 0 Å². The molecule has 2 aromatic rings. The predicted octanol–water partition coefficient (Wildman–Crippen LogP) is 6.28. The Morgan fingerprint density at radius 2 is 1.52 bits per heavy atom. The molecule has 0 fully saturated rings. The largest absolute Gasteiger partial charge is 0.462 e. The predicted molar refractivity (Wildman–Crippen MR) is 99.3 cm³/mol. The van der Waals surface area contributed by atoms with Gasteiger partial charge in [-0.1, -0.05) is 46.7 Å². The van der Waals surface area contributed by atoms with E-state index in [1.54, 1.807) is 24.5 Å². The Balaban J connectivity index is 2.15. The van der Waals surface area contributed by atoms with E-state index in [0.717, 1.165) is 9.79 Å². The van der Waals surface area contributed by atoms with Crippen molar-refractivity contribution in [1.29, 1.82) is 0 Å². The van der Waals surface area contributed by atoms with E-state index in [4.69, 9.17) is 27.9 Å². The molecule has 0 saturated heterocycles. The van der Waals surface area contributed by atoms with Gasteiger partial charge in [0.1, 0.15) is 4.91 Å². The highest BCUT2D eigenvalue weighted by molar-refractivity contribution is 8.06. The summed E-state index contributed by atoms with van der Waals surface area (Å²) in [5.74, 6) is -0.339. The molecule has 6 heteroatoms. The highest BCUT2D eigenvalue weighted by Gasteiger charge is 2.13. The third-order valence-corrected chi connectivity index (χ3v) is 5.20. The molecule has 0 aliphatic heterocycles. The number of hydrogen-bond acceptors (Lipinski definition) is 4. The molecule has 0 atom stereocenters. The fourth-order valence-electron chi connectivity index (χ4n) is 1.58. The first-order valence-electron chi connectivity index (χ1n) is 6.81. The second-order valence-corrected chi connectivity index (χ2v) is 7.26. The van der Waals surface area contributed by atoms with Gasteiger partial charge in [0.2, 0.25) is 0 Å². The van der Waals surface area contributed by atoms with Crippen LogP contribution >= 0.6 is 46.7 Å². The van der Waals surface area contributed by atoms with Crippen LogP contribution in [0.15, 0.2) is 68.6 Å². The molecule has 0 aromatic heterocycles. The number of halogens is 2. The van der Waals surface area contributed by atoms with E-state index in [9.17, 15) is 4.79 Å². The van der Waals surface area contributed by atoms with Crippen LogP contribution in [0.5, 0.6) is 0 Å². The maximum atomic E-state index is 12.1. The molecule has 0 bridgehead atoms. The van der Waals surface area contributed by atoms with Crippen LogP contribution in [0.1, 0.15) is 6.92 Å². The maximum Gasteiger partial charge on any atom is 0.345 e. The monoisotopic (exact) mass is 384 g/mol. The van der Waals surface area contributed by atoms with Gasteiger partial charge in [-0.05, 0) is 60.9 Å². The highest BCUT2D eigenvalue weighted by Crippen LogP contribution is 2.32. The van der Waals surface area contributed by atoms with Gasteiger partial charge in [-0.25, -0.2) is 4.79 Å². The van der Waals surface area contributed by atoms with Gasteiger partial charge in [0.15, 0.2) is 0 Å². The van der Waals surface area contributed by atoms with E-state index in [-0.39, 0.29) is 5.97 Å². The molecule has 0 aliphatic rings. The molecule has 0 N–H and O–H groups in total. The molecule has 120 valence electrons. The van der Waals surface area contributed by atoms with Crippen molar-refractivity contribution in [3.8, 4) is 0 Å². The molecule has 0 radical (unpaired) electrons. The Bertz CT molecular complexity index is 683. The summed E-state index contributed by atoms with van der Waals surface area (Å²) < 4.78 is 5.12. The summed E-state index contributed by atoms with van der Waals surface area (Å²) in [5, 5.41) is 3.13. The van der Waals surface area contributed by atoms with Crippen LogP contribution in [-0.2, 0) is 9.53 Å². The Morgan fingerprint density at radius 3 is 2.04 bits per heavy atom. The summed E-state index contributed by atoms with van der Waals surface area (Å²) in [7, 11) is 0. The first-order valence-corrected chi connectivity index (χ1v) is 9.26. The summed E-state index contributed by atoms with van der Waals surface area (Å²) in [4.78, 5) is 14.6. The van der Waals surface area contributed by atoms with Crippen molar-refractivity contribution >= 4 is 52.7 Å². The first-order chi connectivity index (χ1) is 11.1. The van der Waals surface area contributed by atoms with Gasteiger partial charge in [0.05, 0.1) is 6.61 Å². The van der Waals surface area contributed by atoms with E-state index >= 15 is 0 Å². The van der Waals surface area contributed by atoms with E-state index in [0.29, 0.717) is 21.6 Å². The molecule has 2 aromatic carbocycles. The van der Waals surface area contributed by atoms with E-state index in [2.05, 4.69) is 0 Å². The Kier molecular flexibility index (Phi) is 7.37. The van der Waals surface area contributed by atoms with Crippen LogP contribution in [0.2, 0.25) is 10.0 Å². The van der Waals surface area contributed by atoms with Crippen molar-refractivity contribution in [2.24, 2.45) is 0 Å². The molecule has 0 spiro atoms. The van der Waals surface area contributed by atoms with Crippen molar-refractivity contribution in [2.75, 3.05) is 6.61 Å². The van der Waals surface area contributed by atoms with E-state index in [1.165, 1.54) is 23.5 Å². The SMILES string of the molecule is CCOC(=O)C(=CSc1ccc(Cl)cc1)Sc1ccc(Cl)cc1. The minimum absolute atomic E-state index is 0.336. The van der Waals surface area contributed by atoms with Crippen LogP contribution in [0.25, 0.3) is 0 Å². The lowest BCUT2D eigenvalue weighted by Crippen LogP contribution is -2.05. The number of carbonyl (C=O) groups excluding carboxylic acids is 1. The lowest BCUT2D eigenvalue weighted by molar-refractivity contribution is -0.137. The van der Waals surface area contributed by atoms with Crippen LogP contribution in [0.4, 0.5) is 0 Å². The average Bonchev–Trinajstić information content (AvgIpc) is 2.55. The van der Waals surface area contributed by atoms with Gasteiger partial charge in [-0.2, -0.15) is 0 Å². The molecule has 0 heterocycles. The number of benzene rings is 2. The maximum absolute atomic E-state index is 12.1. The highest BCUT2D eigenvalue weighted by atomic mass is 35.5. The van der Waals surface area contributed by atoms with Crippen molar-refractivity contribution < 1.29 is 9.53 Å². The summed E-state index contributed by atoms with van der Waals surface area (Å²) in [6.07, 6.45) is 0. The molecule has 0 amide bonds. The number of carbonyl (C=O) groups is 1. The molecular formula is C17H14Cl2O2S2. The van der Waals surface area contributed by atoms with Crippen LogP contribution in [-0.4, -0.2) is 12.6 Å². The second kappa shape index (κ2) is 9.28. The molecule has 0 aliphatic carbocycles. The zero-order chi connectivity index (χ0) is 16.7. The lowest BCUT2D eigenvalue weighted by atomic mass is 10.4. The van der Waals surface area contributed by atoms with Crippen LogP contribution < -0.4 is 0 Å². The van der Waals surface area contributed by atoms with Gasteiger partial charge < -0.3 is 4.74 Å². The first kappa shape index (κ1) is 18.3. The summed E-state index contributed by atoms with van der Waals surface area (Å²) in [6, 6.07) is 14.7. The van der Waals surface area contributed by atoms with Gasteiger partial charge in [0.25, 0.3) is 0 Å². The number of thioether (sulfide) groups is 2. The zero-order valence-corrected chi connectivity index (χ0v) is 15.4. The number of rotatable bonds is 6. The van der Waals surface area contributed by atoms with Gasteiger partial charge in [0, 0.05) is 19.8 Å². The minimum atomic E-state index is -0.339. The van der Waals surface area contributed by atoms with E-state index in [1.807, 2.05) is 36.4 Å². The fraction of sp³-hybridized carbons (Fsp3) is 0.118. The van der Waals surface area contributed by atoms with E-state index < -0.39 is 0 Å². The lowest BCUT2D eigenvalue weighted by Gasteiger charge is -2.07. The van der Waals surface area contributed by atoms with Crippen LogP contribution in [0, 0.1) is 0 Å². The third-order valence-electron chi connectivity index (χ3n) is 2.63. The smallest absolute Gasteiger partial charge is 0.345 e. The van der Waals surface area contributed by atoms with Crippen molar-refractivity contribution in [1.82, 2.24) is 0 Å². The van der Waals surface area contributed by atoms with Crippen molar-refractivity contribution in [2.45, 2.75) is 16.7 Å². The van der Waals surface area contributed by atoms with Gasteiger partial charge in [-0.3, -0.25) is 0 Å². The minimum Gasteiger partial charge on any atom is -0.462 e. The summed E-state index contributed by atoms with van der Waals surface area (Å²) in [5.41, 5.74) is 0. The zero-order valence-electron chi connectivity index (χ0n) is 12.3. The second-order valence-electron chi connectivity index (χ2n) is 4.33. The quantitative estimate of drug-likeness (QED) is 0.332. The molecular weight excluding hydrogens is 371 g/mol. The standard InChI is InChI=1S/C17H14Cl2O2S2/c1-2-21-17(20)16(23-15-9-5-13(19)6-10-15)11-22-14-7-3-12(18)4-8-14/h3-11H,2H2,1H3. The van der Waals surface area contributed by atoms with Crippen molar-refractivity contribution in [3.05, 3.63) is 68.9 Å². The number of esters is 1. The van der Waals surface area contributed by atoms with Crippen molar-refractivity contribution in [3.63, 3.8) is 0 Å². The average molecular weight is 385 g/mol. The summed E-state index contributed by atoms with van der Waals surface area (Å²) in [6.45, 7) is 2.12. The topological polar surface area (TPSA) is 26.3 Å². The number of hydrogen-bond donors (Lipinski definition) is 0. The Hall–Kier alpha value is -1.07. The molecule has 23 heavy (non-hydrogen) atoms. The third kappa shape index (κ3) is 6.15. The fourth-order valence-corrected chi connectivity index (χ4v) is 3.47. The normalized spacial score (nSPS) is 11.3. The molecule has 2 rings (SSSR count). The number of ether oxygens (including phenoxy) is 1. The molecule has 0 saturated carbocycles. The summed E-state index contributed by atoms with van der Waals surface area (Å²) >= 11 is 14.6. The Labute approximate surface area is 154 Å². The molecule has 0 unspecified atom stereocenters. The Morgan fingerprint density at radius 1 is 1.00 bits per heavy atom. The van der Waals surface area contributed by atoms with Gasteiger partial charge >= 0.3 is 5.97 Å². The van der Waals surface area contributed by atoms with Crippen LogP contribution in [0.3, 0.4) is 0 Å².